The van der Waals surface area contributed by atoms with Crippen LogP contribution in [0.25, 0.3) is 9.75 Å². The van der Waals surface area contributed by atoms with Crippen LogP contribution in [0.4, 0.5) is 0 Å². The molecule has 4 rings (SSSR count). The van der Waals surface area contributed by atoms with Gasteiger partial charge >= 0.3 is 0 Å². The Labute approximate surface area is 216 Å². The second-order valence-corrected chi connectivity index (χ2v) is 16.9. The lowest BCUT2D eigenvalue weighted by atomic mass is 9.98. The van der Waals surface area contributed by atoms with Gasteiger partial charge in [0, 0.05) is 24.4 Å². The second kappa shape index (κ2) is 11.5. The maximum absolute atomic E-state index is 2.59. The molecular weight excluding hydrogens is 477 g/mol. The number of unbranched alkanes of at least 4 members (excludes halogenated alkanes) is 4. The average molecular weight is 519 g/mol. The first kappa shape index (κ1) is 25.5. The minimum atomic E-state index is -1.15. The molecule has 0 N–H and O–H groups in total. The molecule has 0 saturated carbocycles. The van der Waals surface area contributed by atoms with Gasteiger partial charge in [-0.15, -0.1) is 44.0 Å². The molecule has 3 aromatic heterocycles. The summed E-state index contributed by atoms with van der Waals surface area (Å²) in [5.74, 6) is 2.21. The van der Waals surface area contributed by atoms with Crippen molar-refractivity contribution < 1.29 is 0 Å². The molecule has 0 bridgehead atoms. The highest BCUT2D eigenvalue weighted by Gasteiger charge is 2.45. The molecule has 4 heteroatoms. The van der Waals surface area contributed by atoms with Crippen LogP contribution in [0.1, 0.15) is 93.2 Å². The van der Waals surface area contributed by atoms with Gasteiger partial charge in [0.05, 0.1) is 14.0 Å². The van der Waals surface area contributed by atoms with Crippen LogP contribution in [-0.4, -0.2) is 5.75 Å². The Hall–Kier alpha value is -0.550. The fourth-order valence-corrected chi connectivity index (χ4v) is 15.2. The van der Waals surface area contributed by atoms with Gasteiger partial charge < -0.3 is 0 Å². The van der Waals surface area contributed by atoms with Gasteiger partial charge in [-0.3, -0.25) is 0 Å². The van der Waals surface area contributed by atoms with Crippen LogP contribution in [0, 0.1) is 19.8 Å². The van der Waals surface area contributed by atoms with Gasteiger partial charge in [-0.2, -0.15) is 0 Å². The zero-order valence-corrected chi connectivity index (χ0v) is 24.6. The van der Waals surface area contributed by atoms with Crippen molar-refractivity contribution in [2.75, 3.05) is 5.75 Å². The van der Waals surface area contributed by atoms with E-state index in [0.29, 0.717) is 0 Å². The maximum Gasteiger partial charge on any atom is 0.0584 e. The van der Waals surface area contributed by atoms with Gasteiger partial charge in [0.2, 0.25) is 0 Å². The van der Waals surface area contributed by atoms with Gasteiger partial charge in [-0.25, -0.2) is 0 Å². The predicted molar refractivity (Wildman–Crippen MR) is 154 cm³/mol. The molecule has 0 amide bonds. The molecule has 0 nitrogen and oxygen atoms in total. The Morgan fingerprint density at radius 3 is 1.85 bits per heavy atom. The van der Waals surface area contributed by atoms with Crippen LogP contribution in [0.3, 0.4) is 0 Å². The van der Waals surface area contributed by atoms with Crippen molar-refractivity contribution in [2.45, 2.75) is 113 Å². The van der Waals surface area contributed by atoms with E-state index in [9.17, 15) is 0 Å². The summed E-state index contributed by atoms with van der Waals surface area (Å²) in [6, 6.07) is 10.2. The van der Waals surface area contributed by atoms with Crippen molar-refractivity contribution in [1.82, 2.24) is 0 Å². The third kappa shape index (κ3) is 5.20. The van der Waals surface area contributed by atoms with E-state index in [1.54, 1.807) is 28.6 Å². The molecule has 0 atom stereocenters. The largest absolute Gasteiger partial charge is 0.148 e. The van der Waals surface area contributed by atoms with E-state index in [0.717, 1.165) is 5.92 Å². The number of rotatable bonds is 13. The molecule has 0 spiro atoms. The lowest BCUT2D eigenvalue weighted by Gasteiger charge is -2.39. The molecule has 1 aliphatic heterocycles. The minimum Gasteiger partial charge on any atom is -0.148 e. The Kier molecular flexibility index (Phi) is 8.87. The molecule has 3 aromatic rings. The lowest BCUT2D eigenvalue weighted by Crippen LogP contribution is -2.14. The van der Waals surface area contributed by atoms with E-state index in [-0.39, 0.29) is 0 Å². The highest BCUT2D eigenvalue weighted by Crippen LogP contribution is 2.80. The van der Waals surface area contributed by atoms with Crippen molar-refractivity contribution in [3.63, 3.8) is 0 Å². The number of hydrogen-bond acceptors (Lipinski definition) is 3. The van der Waals surface area contributed by atoms with Crippen molar-refractivity contribution in [3.8, 4) is 9.75 Å². The first-order chi connectivity index (χ1) is 16.0. The van der Waals surface area contributed by atoms with E-state index in [1.807, 2.05) is 0 Å². The van der Waals surface area contributed by atoms with Crippen LogP contribution in [0.5, 0.6) is 0 Å². The first-order valence-electron chi connectivity index (χ1n) is 13.1. The maximum atomic E-state index is 2.59. The summed E-state index contributed by atoms with van der Waals surface area (Å²) < 4.78 is 1.70. The molecule has 33 heavy (non-hydrogen) atoms. The summed E-state index contributed by atoms with van der Waals surface area (Å²) in [5, 5.41) is 0. The third-order valence-electron chi connectivity index (χ3n) is 7.02. The van der Waals surface area contributed by atoms with Crippen LogP contribution >= 0.6 is 44.0 Å². The number of aryl methyl sites for hydroxylation is 3. The summed E-state index contributed by atoms with van der Waals surface area (Å²) in [6.45, 7) is 11.7. The van der Waals surface area contributed by atoms with Crippen molar-refractivity contribution in [3.05, 3.63) is 38.9 Å². The lowest BCUT2D eigenvalue weighted by molar-refractivity contribution is 0.459. The van der Waals surface area contributed by atoms with E-state index in [1.165, 1.54) is 79.7 Å². The molecule has 1 aliphatic rings. The monoisotopic (exact) mass is 518 g/mol. The Bertz CT molecular complexity index is 980. The highest BCUT2D eigenvalue weighted by atomic mass is 32.3. The van der Waals surface area contributed by atoms with Crippen LogP contribution in [-0.2, 0) is 6.42 Å². The SMILES string of the molecule is CCCCCc1ccc(S2(CC(CCCC)CCCC)c3cc(C)sc3-c3sc(C)cc32)s1. The fourth-order valence-electron chi connectivity index (χ4n) is 5.29. The Morgan fingerprint density at radius 2 is 1.30 bits per heavy atom. The molecular formula is C29H42S4. The van der Waals surface area contributed by atoms with Crippen LogP contribution in [0.2, 0.25) is 0 Å². The van der Waals surface area contributed by atoms with E-state index < -0.39 is 10.0 Å². The van der Waals surface area contributed by atoms with Gasteiger partial charge in [0.15, 0.2) is 0 Å². The fraction of sp³-hybridized carbons (Fsp3) is 0.586. The summed E-state index contributed by atoms with van der Waals surface area (Å²) in [4.78, 5) is 11.2. The zero-order valence-electron chi connectivity index (χ0n) is 21.3. The molecule has 0 unspecified atom stereocenters. The first-order valence-corrected chi connectivity index (χ1v) is 17.4. The zero-order chi connectivity index (χ0) is 23.4. The average Bonchev–Trinajstić information content (AvgIpc) is 3.55. The molecule has 0 radical (unpaired) electrons. The molecule has 0 aliphatic carbocycles. The number of thiophene rings is 3. The van der Waals surface area contributed by atoms with Gasteiger partial charge in [-0.1, -0.05) is 59.3 Å². The van der Waals surface area contributed by atoms with Gasteiger partial charge in [-0.05, 0) is 75.5 Å². The van der Waals surface area contributed by atoms with Gasteiger partial charge in [0.1, 0.15) is 0 Å². The second-order valence-electron chi connectivity index (χ2n) is 9.84. The van der Waals surface area contributed by atoms with Crippen molar-refractivity contribution in [1.29, 1.82) is 0 Å². The van der Waals surface area contributed by atoms with Crippen LogP contribution in [0.15, 0.2) is 38.3 Å². The summed E-state index contributed by atoms with van der Waals surface area (Å²) >= 11 is 6.27. The van der Waals surface area contributed by atoms with Crippen molar-refractivity contribution in [2.24, 2.45) is 5.92 Å². The van der Waals surface area contributed by atoms with E-state index in [2.05, 4.69) is 92.9 Å². The molecule has 0 saturated heterocycles. The number of fused-ring (bicyclic) bond motifs is 3. The molecule has 0 fully saturated rings. The molecule has 0 aromatic carbocycles. The standard InChI is InChI=1S/C29H42S4/c1-6-9-12-15-24-16-17-27(32-24)33(20-23(13-10-7-2)14-11-8-3)25-18-21(4)30-28(25)29-26(33)19-22(5)31-29/h16-19,23H,6-15,20H2,1-5H3. The molecule has 4 heterocycles. The normalized spacial score (nSPS) is 15.2. The topological polar surface area (TPSA) is 0 Å². The third-order valence-corrected chi connectivity index (χ3v) is 15.5. The summed E-state index contributed by atoms with van der Waals surface area (Å²) in [5.41, 5.74) is 0. The number of hydrogen-bond donors (Lipinski definition) is 0. The quantitative estimate of drug-likeness (QED) is 0.197. The van der Waals surface area contributed by atoms with E-state index >= 15 is 0 Å². The van der Waals surface area contributed by atoms with Crippen molar-refractivity contribution >= 4 is 44.0 Å². The Morgan fingerprint density at radius 1 is 0.727 bits per heavy atom. The van der Waals surface area contributed by atoms with Gasteiger partial charge in [0.25, 0.3) is 0 Å². The molecule has 182 valence electrons. The predicted octanol–water partition coefficient (Wildman–Crippen LogP) is 11.5. The Balaban J connectivity index is 1.81. The minimum absolute atomic E-state index is 0.838. The smallest absolute Gasteiger partial charge is 0.0584 e. The highest BCUT2D eigenvalue weighted by molar-refractivity contribution is 8.35. The summed E-state index contributed by atoms with van der Waals surface area (Å²) in [6.07, 6.45) is 13.4. The van der Waals surface area contributed by atoms with E-state index in [4.69, 9.17) is 0 Å². The van der Waals surface area contributed by atoms with Crippen LogP contribution < -0.4 is 0 Å². The summed E-state index contributed by atoms with van der Waals surface area (Å²) in [7, 11) is -1.15.